The Hall–Kier alpha value is -2.98. The number of rotatable bonds is 4. The molecule has 152 valence electrons. The minimum absolute atomic E-state index is 0.116. The van der Waals surface area contributed by atoms with Gasteiger partial charge in [0.1, 0.15) is 11.4 Å². The summed E-state index contributed by atoms with van der Waals surface area (Å²) in [6, 6.07) is 4.20. The lowest BCUT2D eigenvalue weighted by molar-refractivity contribution is -0.137. The van der Waals surface area contributed by atoms with E-state index in [0.29, 0.717) is 35.5 Å². The van der Waals surface area contributed by atoms with E-state index in [4.69, 9.17) is 5.11 Å². The SMILES string of the molecule is OC[C@]1(O)C[C@@H](Nc2nnc(-c3ccc(C(F)(F)F)cc3O)c3ccncc23)C1. The first-order chi connectivity index (χ1) is 13.7. The van der Waals surface area contributed by atoms with Gasteiger partial charge in [0.15, 0.2) is 5.82 Å². The number of hydrogen-bond donors (Lipinski definition) is 4. The van der Waals surface area contributed by atoms with Gasteiger partial charge in [-0.3, -0.25) is 4.98 Å². The zero-order chi connectivity index (χ0) is 20.8. The molecular weight excluding hydrogens is 389 g/mol. The molecule has 0 saturated heterocycles. The fraction of sp³-hybridized carbons (Fsp3) is 0.316. The van der Waals surface area contributed by atoms with Gasteiger partial charge in [0.2, 0.25) is 0 Å². The molecule has 29 heavy (non-hydrogen) atoms. The highest BCUT2D eigenvalue weighted by atomic mass is 19.4. The first-order valence-electron chi connectivity index (χ1n) is 8.81. The van der Waals surface area contributed by atoms with Gasteiger partial charge in [0.05, 0.1) is 17.8 Å². The zero-order valence-corrected chi connectivity index (χ0v) is 15.0. The lowest BCUT2D eigenvalue weighted by atomic mass is 9.76. The van der Waals surface area contributed by atoms with Gasteiger partial charge in [0, 0.05) is 34.8 Å². The normalized spacial score (nSPS) is 21.8. The second kappa shape index (κ2) is 6.82. The van der Waals surface area contributed by atoms with Gasteiger partial charge in [-0.25, -0.2) is 0 Å². The molecule has 4 N–H and O–H groups in total. The highest BCUT2D eigenvalue weighted by Gasteiger charge is 2.42. The van der Waals surface area contributed by atoms with E-state index < -0.39 is 23.1 Å². The van der Waals surface area contributed by atoms with Crippen molar-refractivity contribution in [2.45, 2.75) is 30.7 Å². The number of aliphatic hydroxyl groups excluding tert-OH is 1. The van der Waals surface area contributed by atoms with Crippen molar-refractivity contribution in [3.8, 4) is 17.0 Å². The van der Waals surface area contributed by atoms with E-state index in [1.165, 1.54) is 12.4 Å². The third-order valence-corrected chi connectivity index (χ3v) is 5.05. The summed E-state index contributed by atoms with van der Waals surface area (Å²) in [5.41, 5.74) is -1.73. The first kappa shape index (κ1) is 19.3. The fourth-order valence-corrected chi connectivity index (χ4v) is 3.49. The Kier molecular flexibility index (Phi) is 4.55. The number of nitrogens with zero attached hydrogens (tertiary/aromatic N) is 3. The van der Waals surface area contributed by atoms with Crippen LogP contribution in [0.4, 0.5) is 19.0 Å². The predicted octanol–water partition coefficient (Wildman–Crippen LogP) is 2.71. The smallest absolute Gasteiger partial charge is 0.416 e. The monoisotopic (exact) mass is 406 g/mol. The Morgan fingerprint density at radius 2 is 1.90 bits per heavy atom. The Morgan fingerprint density at radius 1 is 1.14 bits per heavy atom. The van der Waals surface area contributed by atoms with Crippen molar-refractivity contribution in [3.05, 3.63) is 42.2 Å². The van der Waals surface area contributed by atoms with E-state index in [2.05, 4.69) is 20.5 Å². The molecule has 1 aromatic carbocycles. The van der Waals surface area contributed by atoms with E-state index in [1.54, 1.807) is 6.07 Å². The predicted molar refractivity (Wildman–Crippen MR) is 98.1 cm³/mol. The molecule has 1 aliphatic carbocycles. The number of benzene rings is 1. The van der Waals surface area contributed by atoms with Crippen LogP contribution in [-0.2, 0) is 6.18 Å². The number of alkyl halides is 3. The maximum absolute atomic E-state index is 12.9. The summed E-state index contributed by atoms with van der Waals surface area (Å²) >= 11 is 0. The molecule has 0 amide bonds. The van der Waals surface area contributed by atoms with Gasteiger partial charge in [-0.15, -0.1) is 10.2 Å². The number of aliphatic hydroxyl groups is 2. The Morgan fingerprint density at radius 3 is 2.55 bits per heavy atom. The minimum atomic E-state index is -4.57. The number of phenols is 1. The quantitative estimate of drug-likeness (QED) is 0.527. The van der Waals surface area contributed by atoms with Crippen molar-refractivity contribution in [3.63, 3.8) is 0 Å². The Bertz CT molecular complexity index is 1070. The molecular formula is C19H17F3N4O3. The van der Waals surface area contributed by atoms with Crippen LogP contribution in [0.25, 0.3) is 22.0 Å². The summed E-state index contributed by atoms with van der Waals surface area (Å²) in [4.78, 5) is 4.06. The average Bonchev–Trinajstić information content (AvgIpc) is 2.66. The van der Waals surface area contributed by atoms with Crippen LogP contribution in [0.1, 0.15) is 18.4 Å². The molecule has 0 unspecified atom stereocenters. The molecule has 0 atom stereocenters. The van der Waals surface area contributed by atoms with Crippen LogP contribution in [0, 0.1) is 0 Å². The molecule has 10 heteroatoms. The number of nitrogens with one attached hydrogen (secondary N) is 1. The third-order valence-electron chi connectivity index (χ3n) is 5.05. The molecule has 0 radical (unpaired) electrons. The molecule has 1 aliphatic rings. The summed E-state index contributed by atoms with van der Waals surface area (Å²) in [7, 11) is 0. The zero-order valence-electron chi connectivity index (χ0n) is 15.0. The number of fused-ring (bicyclic) bond motifs is 1. The fourth-order valence-electron chi connectivity index (χ4n) is 3.49. The molecule has 3 aromatic rings. The van der Waals surface area contributed by atoms with Crippen molar-refractivity contribution < 1.29 is 28.5 Å². The summed E-state index contributed by atoms with van der Waals surface area (Å²) in [6.45, 7) is -0.328. The number of hydrogen-bond acceptors (Lipinski definition) is 7. The molecule has 4 rings (SSSR count). The molecule has 1 saturated carbocycles. The van der Waals surface area contributed by atoms with Crippen LogP contribution in [0.15, 0.2) is 36.7 Å². The number of halogens is 3. The number of anilines is 1. The molecule has 0 aliphatic heterocycles. The van der Waals surface area contributed by atoms with E-state index in [0.717, 1.165) is 12.1 Å². The molecule has 2 aromatic heterocycles. The van der Waals surface area contributed by atoms with Crippen molar-refractivity contribution in [2.24, 2.45) is 0 Å². The molecule has 2 heterocycles. The van der Waals surface area contributed by atoms with Crippen LogP contribution in [0.5, 0.6) is 5.75 Å². The Labute approximate surface area is 162 Å². The molecule has 1 fully saturated rings. The summed E-state index contributed by atoms with van der Waals surface area (Å²) < 4.78 is 38.6. The van der Waals surface area contributed by atoms with Crippen molar-refractivity contribution in [1.82, 2.24) is 15.2 Å². The van der Waals surface area contributed by atoms with E-state index in [-0.39, 0.29) is 23.9 Å². The third kappa shape index (κ3) is 3.56. The van der Waals surface area contributed by atoms with E-state index >= 15 is 0 Å². The summed E-state index contributed by atoms with van der Waals surface area (Å²) in [5.74, 6) is -0.159. The molecule has 0 spiro atoms. The first-order valence-corrected chi connectivity index (χ1v) is 8.81. The van der Waals surface area contributed by atoms with Gasteiger partial charge < -0.3 is 20.6 Å². The standard InChI is InChI=1S/C19H17F3N4O3/c20-19(21,22)10-1-2-13(15(28)5-10)16-12-3-4-23-8-14(12)17(26-25-16)24-11-6-18(29,7-11)9-27/h1-5,8,11,27-29H,6-7,9H2,(H,24,26)/t11-,18+. The molecule has 7 nitrogen and oxygen atoms in total. The van der Waals surface area contributed by atoms with Crippen LogP contribution in [0.2, 0.25) is 0 Å². The highest BCUT2D eigenvalue weighted by Crippen LogP contribution is 2.39. The Balaban J connectivity index is 1.71. The second-order valence-corrected chi connectivity index (χ2v) is 7.18. The van der Waals surface area contributed by atoms with Gasteiger partial charge in [-0.1, -0.05) is 0 Å². The number of pyridine rings is 1. The minimum Gasteiger partial charge on any atom is -0.507 e. The van der Waals surface area contributed by atoms with Gasteiger partial charge >= 0.3 is 6.18 Å². The largest absolute Gasteiger partial charge is 0.507 e. The topological polar surface area (TPSA) is 111 Å². The van der Waals surface area contributed by atoms with Gasteiger partial charge in [0.25, 0.3) is 0 Å². The van der Waals surface area contributed by atoms with Crippen molar-refractivity contribution >= 4 is 16.6 Å². The van der Waals surface area contributed by atoms with Crippen LogP contribution in [0.3, 0.4) is 0 Å². The number of phenolic OH excluding ortho intramolecular Hbond substituents is 1. The van der Waals surface area contributed by atoms with Gasteiger partial charge in [-0.05, 0) is 37.1 Å². The van der Waals surface area contributed by atoms with Crippen LogP contribution < -0.4 is 5.32 Å². The van der Waals surface area contributed by atoms with Crippen molar-refractivity contribution in [2.75, 3.05) is 11.9 Å². The second-order valence-electron chi connectivity index (χ2n) is 7.18. The number of aromatic hydroxyl groups is 1. The average molecular weight is 406 g/mol. The van der Waals surface area contributed by atoms with E-state index in [1.807, 2.05) is 0 Å². The maximum Gasteiger partial charge on any atom is 0.416 e. The molecule has 0 bridgehead atoms. The van der Waals surface area contributed by atoms with E-state index in [9.17, 15) is 23.4 Å². The lowest BCUT2D eigenvalue weighted by Crippen LogP contribution is -2.53. The highest BCUT2D eigenvalue weighted by molar-refractivity contribution is 6.00. The van der Waals surface area contributed by atoms with Crippen molar-refractivity contribution in [1.29, 1.82) is 0 Å². The van der Waals surface area contributed by atoms with Crippen LogP contribution in [-0.4, -0.2) is 48.8 Å². The van der Waals surface area contributed by atoms with Crippen LogP contribution >= 0.6 is 0 Å². The number of aromatic nitrogens is 3. The maximum atomic E-state index is 12.9. The lowest BCUT2D eigenvalue weighted by Gasteiger charge is -2.42. The summed E-state index contributed by atoms with van der Waals surface area (Å²) in [5, 5.41) is 41.7. The summed E-state index contributed by atoms with van der Waals surface area (Å²) in [6.07, 6.45) is -0.844. The van der Waals surface area contributed by atoms with Gasteiger partial charge in [-0.2, -0.15) is 13.2 Å².